The highest BCUT2D eigenvalue weighted by Crippen LogP contribution is 2.26. The summed E-state index contributed by atoms with van der Waals surface area (Å²) in [6, 6.07) is 6.54. The maximum absolute atomic E-state index is 10.9. The average molecular weight is 289 g/mol. The van der Waals surface area contributed by atoms with Gasteiger partial charge in [-0.25, -0.2) is 4.98 Å². The van der Waals surface area contributed by atoms with Gasteiger partial charge in [0.25, 0.3) is 5.69 Å². The molecule has 0 saturated carbocycles. The summed E-state index contributed by atoms with van der Waals surface area (Å²) in [6.45, 7) is 5.98. The summed E-state index contributed by atoms with van der Waals surface area (Å²) in [5.74, 6) is 0.847. The van der Waals surface area contributed by atoms with E-state index in [1.54, 1.807) is 6.07 Å². The third-order valence-electron chi connectivity index (χ3n) is 3.07. The zero-order chi connectivity index (χ0) is 14.9. The molecular weight excluding hydrogens is 274 g/mol. The van der Waals surface area contributed by atoms with E-state index in [-0.39, 0.29) is 11.6 Å². The second kappa shape index (κ2) is 5.50. The molecule has 0 amide bonds. The van der Waals surface area contributed by atoms with Gasteiger partial charge in [0.05, 0.1) is 4.92 Å². The van der Waals surface area contributed by atoms with Gasteiger partial charge < -0.3 is 4.98 Å². The van der Waals surface area contributed by atoms with Crippen LogP contribution in [0, 0.1) is 21.7 Å². The molecule has 5 nitrogen and oxygen atoms in total. The van der Waals surface area contributed by atoms with Crippen molar-refractivity contribution in [3.8, 4) is 11.4 Å². The van der Waals surface area contributed by atoms with Gasteiger partial charge >= 0.3 is 0 Å². The van der Waals surface area contributed by atoms with Crippen LogP contribution in [0.3, 0.4) is 0 Å². The van der Waals surface area contributed by atoms with Crippen LogP contribution in [0.5, 0.6) is 0 Å². The maximum Gasteiger partial charge on any atom is 0.270 e. The smallest absolute Gasteiger partial charge is 0.270 e. The molecule has 104 valence electrons. The summed E-state index contributed by atoms with van der Waals surface area (Å²) < 4.78 is 0.480. The first-order valence-corrected chi connectivity index (χ1v) is 6.66. The normalized spacial score (nSPS) is 10.8. The van der Waals surface area contributed by atoms with Crippen LogP contribution in [-0.2, 0) is 0 Å². The Kier molecular flexibility index (Phi) is 3.94. The molecule has 2 aromatic rings. The van der Waals surface area contributed by atoms with Gasteiger partial charge in [0.2, 0.25) is 0 Å². The fraction of sp³-hybridized carbons (Fsp3) is 0.286. The second-order valence-corrected chi connectivity index (χ2v) is 5.35. The lowest BCUT2D eigenvalue weighted by atomic mass is 10.1. The molecule has 20 heavy (non-hydrogen) atoms. The molecule has 1 heterocycles. The molecule has 0 aliphatic heterocycles. The number of nitro benzene ring substituents is 1. The lowest BCUT2D eigenvalue weighted by Gasteiger charge is -2.10. The lowest BCUT2D eigenvalue weighted by molar-refractivity contribution is -0.384. The molecule has 0 saturated heterocycles. The Morgan fingerprint density at radius 2 is 2.05 bits per heavy atom. The number of benzene rings is 1. The van der Waals surface area contributed by atoms with E-state index < -0.39 is 4.92 Å². The number of rotatable bonds is 3. The topological polar surface area (TPSA) is 71.8 Å². The summed E-state index contributed by atoms with van der Waals surface area (Å²) in [6.07, 6.45) is 0. The zero-order valence-electron chi connectivity index (χ0n) is 11.5. The molecule has 0 fully saturated rings. The van der Waals surface area contributed by atoms with Crippen LogP contribution < -0.4 is 0 Å². The van der Waals surface area contributed by atoms with Gasteiger partial charge in [-0.1, -0.05) is 32.1 Å². The van der Waals surface area contributed by atoms with E-state index in [0.717, 1.165) is 11.3 Å². The minimum Gasteiger partial charge on any atom is -0.343 e. The lowest BCUT2D eigenvalue weighted by Crippen LogP contribution is -1.99. The molecule has 1 aromatic heterocycles. The summed E-state index contributed by atoms with van der Waals surface area (Å²) in [4.78, 5) is 18.0. The monoisotopic (exact) mass is 289 g/mol. The first-order chi connectivity index (χ1) is 9.38. The Hall–Kier alpha value is -2.08. The number of H-pyrrole nitrogens is 1. The van der Waals surface area contributed by atoms with Crippen molar-refractivity contribution in [2.75, 3.05) is 0 Å². The third-order valence-corrected chi connectivity index (χ3v) is 3.28. The van der Waals surface area contributed by atoms with Crippen molar-refractivity contribution < 1.29 is 4.92 Å². The minimum absolute atomic E-state index is 0.0432. The fourth-order valence-electron chi connectivity index (χ4n) is 1.89. The molecule has 1 N–H and O–H groups in total. The van der Waals surface area contributed by atoms with Crippen molar-refractivity contribution in [2.45, 2.75) is 26.7 Å². The zero-order valence-corrected chi connectivity index (χ0v) is 12.3. The number of nitrogens with zero attached hydrogens (tertiary/aromatic N) is 2. The molecule has 2 rings (SSSR count). The summed E-state index contributed by atoms with van der Waals surface area (Å²) in [5, 5.41) is 10.9. The minimum atomic E-state index is -0.413. The summed E-state index contributed by atoms with van der Waals surface area (Å²) in [7, 11) is 0. The molecule has 0 atom stereocenters. The number of nitrogens with one attached hydrogen (secondary N) is 1. The van der Waals surface area contributed by atoms with E-state index in [1.807, 2.05) is 26.8 Å². The van der Waals surface area contributed by atoms with E-state index in [9.17, 15) is 10.1 Å². The first kappa shape index (κ1) is 14.3. The van der Waals surface area contributed by atoms with Crippen molar-refractivity contribution in [1.82, 2.24) is 9.97 Å². The van der Waals surface area contributed by atoms with Crippen LogP contribution in [0.25, 0.3) is 11.4 Å². The molecule has 0 radical (unpaired) electrons. The number of non-ortho nitro benzene ring substituents is 1. The van der Waals surface area contributed by atoms with E-state index in [4.69, 9.17) is 12.2 Å². The predicted octanol–water partition coefficient (Wildman–Crippen LogP) is 4.15. The number of nitro groups is 1. The number of aryl methyl sites for hydroxylation is 1. The Labute approximate surface area is 121 Å². The van der Waals surface area contributed by atoms with E-state index in [0.29, 0.717) is 16.0 Å². The number of hydrogen-bond acceptors (Lipinski definition) is 4. The molecule has 0 unspecified atom stereocenters. The highest BCUT2D eigenvalue weighted by molar-refractivity contribution is 7.71. The van der Waals surface area contributed by atoms with Crippen LogP contribution in [-0.4, -0.2) is 14.9 Å². The molecule has 0 aliphatic rings. The van der Waals surface area contributed by atoms with E-state index in [2.05, 4.69) is 9.97 Å². The summed E-state index contributed by atoms with van der Waals surface area (Å²) in [5.41, 5.74) is 2.62. The maximum atomic E-state index is 10.9. The Morgan fingerprint density at radius 1 is 1.35 bits per heavy atom. The molecular formula is C14H15N3O2S. The van der Waals surface area contributed by atoms with Crippen molar-refractivity contribution in [3.63, 3.8) is 0 Å². The number of aromatic amines is 1. The second-order valence-electron chi connectivity index (χ2n) is 4.93. The Morgan fingerprint density at radius 3 is 2.65 bits per heavy atom. The van der Waals surface area contributed by atoms with Crippen LogP contribution in [0.1, 0.15) is 31.0 Å². The predicted molar refractivity (Wildman–Crippen MR) is 80.3 cm³/mol. The largest absolute Gasteiger partial charge is 0.343 e. The quantitative estimate of drug-likeness (QED) is 0.523. The third kappa shape index (κ3) is 2.91. The SMILES string of the molecule is Cc1ccc([N+](=O)[O-])cc1-c1nc(=S)cc(C(C)C)[nH]1. The van der Waals surface area contributed by atoms with Crippen molar-refractivity contribution in [1.29, 1.82) is 0 Å². The first-order valence-electron chi connectivity index (χ1n) is 6.25. The highest BCUT2D eigenvalue weighted by atomic mass is 32.1. The molecule has 6 heteroatoms. The average Bonchev–Trinajstić information content (AvgIpc) is 2.38. The molecule has 0 aliphatic carbocycles. The van der Waals surface area contributed by atoms with Crippen molar-refractivity contribution in [3.05, 3.63) is 50.3 Å². The number of aromatic nitrogens is 2. The van der Waals surface area contributed by atoms with E-state index >= 15 is 0 Å². The Balaban J connectivity index is 2.64. The van der Waals surface area contributed by atoms with Crippen LogP contribution in [0.2, 0.25) is 0 Å². The van der Waals surface area contributed by atoms with Gasteiger partial charge in [0.15, 0.2) is 0 Å². The van der Waals surface area contributed by atoms with Gasteiger partial charge in [0, 0.05) is 23.4 Å². The van der Waals surface area contributed by atoms with Crippen LogP contribution in [0.15, 0.2) is 24.3 Å². The van der Waals surface area contributed by atoms with Gasteiger partial charge in [-0.05, 0) is 24.5 Å². The summed E-state index contributed by atoms with van der Waals surface area (Å²) >= 11 is 5.17. The number of hydrogen-bond donors (Lipinski definition) is 1. The highest BCUT2D eigenvalue weighted by Gasteiger charge is 2.13. The standard InChI is InChI=1S/C14H15N3O2S/c1-8(2)12-7-13(20)16-14(15-12)11-6-10(17(18)19)5-4-9(11)3/h4-8H,1-3H3,(H,15,16,20). The van der Waals surface area contributed by atoms with Gasteiger partial charge in [-0.15, -0.1) is 0 Å². The van der Waals surface area contributed by atoms with Gasteiger partial charge in [-0.2, -0.15) is 0 Å². The molecule has 0 bridgehead atoms. The van der Waals surface area contributed by atoms with Crippen molar-refractivity contribution >= 4 is 17.9 Å². The van der Waals surface area contributed by atoms with Crippen LogP contribution >= 0.6 is 12.2 Å². The molecule has 1 aromatic carbocycles. The van der Waals surface area contributed by atoms with E-state index in [1.165, 1.54) is 12.1 Å². The Bertz CT molecular complexity index is 723. The van der Waals surface area contributed by atoms with Crippen molar-refractivity contribution in [2.24, 2.45) is 0 Å². The van der Waals surface area contributed by atoms with Gasteiger partial charge in [0.1, 0.15) is 10.5 Å². The van der Waals surface area contributed by atoms with Gasteiger partial charge in [-0.3, -0.25) is 10.1 Å². The fourth-order valence-corrected chi connectivity index (χ4v) is 2.11. The molecule has 0 spiro atoms. The van der Waals surface area contributed by atoms with Crippen LogP contribution in [0.4, 0.5) is 5.69 Å².